The fourth-order valence-electron chi connectivity index (χ4n) is 1.61. The fourth-order valence-corrected chi connectivity index (χ4v) is 1.61. The summed E-state index contributed by atoms with van der Waals surface area (Å²) in [5, 5.41) is 6.40. The Hall–Kier alpha value is -1.30. The molecule has 0 spiro atoms. The third kappa shape index (κ3) is 7.90. The second-order valence-corrected chi connectivity index (χ2v) is 6.24. The zero-order chi connectivity index (χ0) is 15.7. The van der Waals surface area contributed by atoms with Gasteiger partial charge in [-0.05, 0) is 46.0 Å². The summed E-state index contributed by atoms with van der Waals surface area (Å²) in [6, 6.07) is 0. The van der Waals surface area contributed by atoms with Crippen molar-refractivity contribution in [2.75, 3.05) is 32.8 Å². The molecule has 0 radical (unpaired) electrons. The van der Waals surface area contributed by atoms with Crippen molar-refractivity contribution in [3.63, 3.8) is 0 Å². The third-order valence-electron chi connectivity index (χ3n) is 3.45. The zero-order valence-corrected chi connectivity index (χ0v) is 13.6. The van der Waals surface area contributed by atoms with E-state index in [0.717, 1.165) is 38.6 Å². The highest BCUT2D eigenvalue weighted by Crippen LogP contribution is 2.28. The Morgan fingerprint density at radius 3 is 2.67 bits per heavy atom. The van der Waals surface area contributed by atoms with E-state index in [1.54, 1.807) is 13.8 Å². The molecular weight excluding hydrogens is 268 g/mol. The summed E-state index contributed by atoms with van der Waals surface area (Å²) in [7, 11) is 0. The van der Waals surface area contributed by atoms with E-state index >= 15 is 0 Å². The van der Waals surface area contributed by atoms with Crippen molar-refractivity contribution in [3.05, 3.63) is 0 Å². The van der Waals surface area contributed by atoms with Crippen LogP contribution in [0.1, 0.15) is 40.0 Å². The molecule has 1 aliphatic carbocycles. The van der Waals surface area contributed by atoms with Crippen LogP contribution in [0.2, 0.25) is 0 Å². The molecule has 122 valence electrons. The van der Waals surface area contributed by atoms with E-state index < -0.39 is 5.41 Å². The van der Waals surface area contributed by atoms with Gasteiger partial charge in [0, 0.05) is 26.3 Å². The van der Waals surface area contributed by atoms with Crippen molar-refractivity contribution in [2.24, 2.45) is 22.1 Å². The molecule has 0 bridgehead atoms. The van der Waals surface area contributed by atoms with Crippen LogP contribution in [0, 0.1) is 11.3 Å². The van der Waals surface area contributed by atoms with Crippen LogP contribution in [-0.2, 0) is 9.53 Å². The zero-order valence-electron chi connectivity index (χ0n) is 13.6. The van der Waals surface area contributed by atoms with Gasteiger partial charge >= 0.3 is 0 Å². The van der Waals surface area contributed by atoms with Crippen LogP contribution in [-0.4, -0.2) is 44.7 Å². The lowest BCUT2D eigenvalue weighted by molar-refractivity contribution is -0.125. The number of primary amides is 1. The number of amides is 1. The Labute approximate surface area is 127 Å². The van der Waals surface area contributed by atoms with Crippen molar-refractivity contribution in [1.82, 2.24) is 10.6 Å². The van der Waals surface area contributed by atoms with Crippen LogP contribution in [0.3, 0.4) is 0 Å². The number of guanidine groups is 1. The first kappa shape index (κ1) is 17.8. The van der Waals surface area contributed by atoms with Gasteiger partial charge in [0.05, 0.1) is 12.0 Å². The number of nitrogens with one attached hydrogen (secondary N) is 2. The smallest absolute Gasteiger partial charge is 0.224 e. The minimum Gasteiger partial charge on any atom is -0.381 e. The average molecular weight is 298 g/mol. The van der Waals surface area contributed by atoms with E-state index in [1.807, 2.05) is 6.92 Å². The monoisotopic (exact) mass is 298 g/mol. The maximum absolute atomic E-state index is 11.3. The van der Waals surface area contributed by atoms with E-state index in [1.165, 1.54) is 12.8 Å². The average Bonchev–Trinajstić information content (AvgIpc) is 3.23. The van der Waals surface area contributed by atoms with Gasteiger partial charge in [-0.15, -0.1) is 0 Å². The van der Waals surface area contributed by atoms with E-state index in [-0.39, 0.29) is 5.91 Å². The molecule has 4 N–H and O–H groups in total. The molecule has 1 amide bonds. The molecule has 1 fully saturated rings. The summed E-state index contributed by atoms with van der Waals surface area (Å²) in [5.74, 6) is 1.19. The Morgan fingerprint density at radius 2 is 2.10 bits per heavy atom. The molecule has 1 rings (SSSR count). The van der Waals surface area contributed by atoms with Crippen LogP contribution in [0.5, 0.6) is 0 Å². The van der Waals surface area contributed by atoms with Gasteiger partial charge in [0.1, 0.15) is 0 Å². The Balaban J connectivity index is 2.22. The van der Waals surface area contributed by atoms with Crippen molar-refractivity contribution in [1.29, 1.82) is 0 Å². The predicted octanol–water partition coefficient (Wildman–Crippen LogP) is 0.870. The second kappa shape index (κ2) is 8.87. The lowest BCUT2D eigenvalue weighted by Gasteiger charge is -2.19. The van der Waals surface area contributed by atoms with Gasteiger partial charge in [-0.2, -0.15) is 0 Å². The quantitative estimate of drug-likeness (QED) is 0.317. The van der Waals surface area contributed by atoms with E-state index in [2.05, 4.69) is 15.6 Å². The highest BCUT2D eigenvalue weighted by Gasteiger charge is 2.24. The number of ether oxygens (including phenoxy) is 1. The fraction of sp³-hybridized carbons (Fsp3) is 0.867. The molecule has 0 aromatic heterocycles. The van der Waals surface area contributed by atoms with Crippen molar-refractivity contribution in [2.45, 2.75) is 40.0 Å². The molecule has 0 unspecified atom stereocenters. The molecule has 1 saturated carbocycles. The summed E-state index contributed by atoms with van der Waals surface area (Å²) < 4.78 is 5.58. The second-order valence-electron chi connectivity index (χ2n) is 6.24. The van der Waals surface area contributed by atoms with Crippen LogP contribution < -0.4 is 16.4 Å². The minimum absolute atomic E-state index is 0.337. The molecule has 6 nitrogen and oxygen atoms in total. The number of nitrogens with two attached hydrogens (primary N) is 1. The molecule has 0 aromatic carbocycles. The highest BCUT2D eigenvalue weighted by molar-refractivity contribution is 5.82. The van der Waals surface area contributed by atoms with Gasteiger partial charge in [0.15, 0.2) is 5.96 Å². The normalized spacial score (nSPS) is 15.9. The number of nitrogens with zero attached hydrogens (tertiary/aromatic N) is 1. The Kier molecular flexibility index (Phi) is 7.50. The molecule has 21 heavy (non-hydrogen) atoms. The standard InChI is InChI=1S/C15H30N4O2/c1-4-17-14(19-11-15(2,3)13(16)20)18-8-5-9-21-10-12-6-7-12/h12H,4-11H2,1-3H3,(H2,16,20)(H2,17,18,19). The van der Waals surface area contributed by atoms with Crippen molar-refractivity contribution in [3.8, 4) is 0 Å². The molecule has 0 atom stereocenters. The number of carbonyl (C=O) groups is 1. The van der Waals surface area contributed by atoms with E-state index in [9.17, 15) is 4.79 Å². The molecule has 0 aromatic rings. The maximum atomic E-state index is 11.3. The van der Waals surface area contributed by atoms with Gasteiger partial charge in [-0.1, -0.05) is 0 Å². The van der Waals surface area contributed by atoms with Crippen LogP contribution >= 0.6 is 0 Å². The van der Waals surface area contributed by atoms with Crippen molar-refractivity contribution < 1.29 is 9.53 Å². The summed E-state index contributed by atoms with van der Waals surface area (Å²) in [4.78, 5) is 15.7. The van der Waals surface area contributed by atoms with Gasteiger partial charge in [-0.3, -0.25) is 9.79 Å². The first-order valence-electron chi connectivity index (χ1n) is 7.85. The maximum Gasteiger partial charge on any atom is 0.224 e. The van der Waals surface area contributed by atoms with Gasteiger partial charge in [0.25, 0.3) is 0 Å². The van der Waals surface area contributed by atoms with Gasteiger partial charge in [0.2, 0.25) is 5.91 Å². The number of carbonyl (C=O) groups excluding carboxylic acids is 1. The summed E-state index contributed by atoms with van der Waals surface area (Å²) >= 11 is 0. The minimum atomic E-state index is -0.629. The van der Waals surface area contributed by atoms with Crippen LogP contribution in [0.4, 0.5) is 0 Å². The lowest BCUT2D eigenvalue weighted by atomic mass is 9.93. The Bertz CT molecular complexity index is 352. The number of rotatable bonds is 10. The Morgan fingerprint density at radius 1 is 1.38 bits per heavy atom. The van der Waals surface area contributed by atoms with Crippen LogP contribution in [0.25, 0.3) is 0 Å². The van der Waals surface area contributed by atoms with E-state index in [0.29, 0.717) is 12.5 Å². The first-order valence-corrected chi connectivity index (χ1v) is 7.85. The number of hydrogen-bond donors (Lipinski definition) is 3. The number of hydrogen-bond acceptors (Lipinski definition) is 3. The van der Waals surface area contributed by atoms with Crippen LogP contribution in [0.15, 0.2) is 4.99 Å². The lowest BCUT2D eigenvalue weighted by Crippen LogP contribution is -2.40. The predicted molar refractivity (Wildman–Crippen MR) is 85.1 cm³/mol. The highest BCUT2D eigenvalue weighted by atomic mass is 16.5. The molecule has 0 aliphatic heterocycles. The van der Waals surface area contributed by atoms with Gasteiger partial charge < -0.3 is 21.1 Å². The summed E-state index contributed by atoms with van der Waals surface area (Å²) in [6.45, 7) is 9.23. The van der Waals surface area contributed by atoms with E-state index in [4.69, 9.17) is 10.5 Å². The SMILES string of the molecule is CCNC(=NCC(C)(C)C(N)=O)NCCCOCC1CC1. The molecule has 6 heteroatoms. The molecule has 0 saturated heterocycles. The molecule has 1 aliphatic rings. The molecular formula is C15H30N4O2. The topological polar surface area (TPSA) is 88.7 Å². The summed E-state index contributed by atoms with van der Waals surface area (Å²) in [5.41, 5.74) is 4.72. The molecule has 0 heterocycles. The van der Waals surface area contributed by atoms with Crippen molar-refractivity contribution >= 4 is 11.9 Å². The summed E-state index contributed by atoms with van der Waals surface area (Å²) in [6.07, 6.45) is 3.59. The largest absolute Gasteiger partial charge is 0.381 e. The van der Waals surface area contributed by atoms with Gasteiger partial charge in [-0.25, -0.2) is 0 Å². The number of aliphatic imine (C=N–C) groups is 1. The third-order valence-corrected chi connectivity index (χ3v) is 3.45. The first-order chi connectivity index (χ1) is 9.95.